The lowest BCUT2D eigenvalue weighted by Gasteiger charge is -2.05. The van der Waals surface area contributed by atoms with E-state index in [1.807, 2.05) is 67.1 Å². The van der Waals surface area contributed by atoms with Crippen molar-refractivity contribution < 1.29 is 9.32 Å². The van der Waals surface area contributed by atoms with Gasteiger partial charge in [0.1, 0.15) is 0 Å². The number of nitrogens with one attached hydrogen (secondary N) is 1. The summed E-state index contributed by atoms with van der Waals surface area (Å²) in [7, 11) is 0. The molecule has 3 aromatic heterocycles. The number of aromatic nitrogens is 5. The van der Waals surface area contributed by atoms with E-state index in [4.69, 9.17) is 4.52 Å². The van der Waals surface area contributed by atoms with Crippen LogP contribution in [0.15, 0.2) is 59.3 Å². The fourth-order valence-corrected chi connectivity index (χ4v) is 2.95. The van der Waals surface area contributed by atoms with Gasteiger partial charge in [-0.25, -0.2) is 0 Å². The smallest absolute Gasteiger partial charge is 0.316 e. The summed E-state index contributed by atoms with van der Waals surface area (Å²) in [4.78, 5) is 20.6. The minimum absolute atomic E-state index is 0.0809. The second kappa shape index (κ2) is 8.05. The second-order valence-corrected chi connectivity index (χ2v) is 6.71. The van der Waals surface area contributed by atoms with Crippen LogP contribution in [0.5, 0.6) is 0 Å². The van der Waals surface area contributed by atoms with Crippen molar-refractivity contribution in [1.82, 2.24) is 30.2 Å². The minimum atomic E-state index is -0.435. The van der Waals surface area contributed by atoms with Crippen LogP contribution in [0.4, 0.5) is 0 Å². The maximum atomic E-state index is 12.2. The standard InChI is InChI=1S/C21H20N6O2/c1-14-11-15(2)27(25-14)13-16-6-8-17(9-7-16)19-24-21(29-26-19)20(28)23-12-18-5-3-4-10-22-18/h3-11H,12-13H2,1-2H3,(H,23,28). The molecule has 0 radical (unpaired) electrons. The van der Waals surface area contributed by atoms with E-state index in [9.17, 15) is 4.79 Å². The molecule has 1 amide bonds. The zero-order chi connectivity index (χ0) is 20.2. The van der Waals surface area contributed by atoms with Crippen molar-refractivity contribution in [2.24, 2.45) is 0 Å². The molecule has 0 aliphatic heterocycles. The van der Waals surface area contributed by atoms with Crippen molar-refractivity contribution in [3.05, 3.63) is 83.3 Å². The molecule has 0 aliphatic rings. The number of hydrogen-bond acceptors (Lipinski definition) is 6. The molecule has 0 aliphatic carbocycles. The Bertz CT molecular complexity index is 1120. The molecular weight excluding hydrogens is 368 g/mol. The van der Waals surface area contributed by atoms with Crippen molar-refractivity contribution in [1.29, 1.82) is 0 Å². The van der Waals surface area contributed by atoms with E-state index in [0.717, 1.165) is 28.2 Å². The van der Waals surface area contributed by atoms with Gasteiger partial charge in [0, 0.05) is 17.5 Å². The normalized spacial score (nSPS) is 10.8. The van der Waals surface area contributed by atoms with Crippen LogP contribution in [0.1, 0.15) is 33.3 Å². The first-order valence-corrected chi connectivity index (χ1v) is 9.20. The minimum Gasteiger partial charge on any atom is -0.342 e. The molecule has 4 rings (SSSR count). The molecule has 0 fully saturated rings. The van der Waals surface area contributed by atoms with E-state index in [2.05, 4.69) is 25.5 Å². The highest BCUT2D eigenvalue weighted by Gasteiger charge is 2.16. The number of rotatable bonds is 6. The molecule has 4 aromatic rings. The fraction of sp³-hybridized carbons (Fsp3) is 0.190. The van der Waals surface area contributed by atoms with Crippen LogP contribution in [0.3, 0.4) is 0 Å². The first-order valence-electron chi connectivity index (χ1n) is 9.20. The van der Waals surface area contributed by atoms with E-state index >= 15 is 0 Å². The van der Waals surface area contributed by atoms with Crippen molar-refractivity contribution in [3.8, 4) is 11.4 Å². The summed E-state index contributed by atoms with van der Waals surface area (Å²) in [5, 5.41) is 11.1. The first kappa shape index (κ1) is 18.5. The van der Waals surface area contributed by atoms with Crippen molar-refractivity contribution in [2.75, 3.05) is 0 Å². The van der Waals surface area contributed by atoms with Crippen LogP contribution >= 0.6 is 0 Å². The van der Waals surface area contributed by atoms with Gasteiger partial charge in [-0.05, 0) is 37.6 Å². The Balaban J connectivity index is 1.41. The van der Waals surface area contributed by atoms with E-state index in [1.54, 1.807) is 6.20 Å². The number of hydrogen-bond donors (Lipinski definition) is 1. The number of aryl methyl sites for hydroxylation is 2. The largest absolute Gasteiger partial charge is 0.342 e. The zero-order valence-corrected chi connectivity index (χ0v) is 16.2. The average Bonchev–Trinajstić information content (AvgIpc) is 3.34. The van der Waals surface area contributed by atoms with Crippen LogP contribution < -0.4 is 5.32 Å². The zero-order valence-electron chi connectivity index (χ0n) is 16.2. The third-order valence-corrected chi connectivity index (χ3v) is 4.42. The molecular formula is C21H20N6O2. The lowest BCUT2D eigenvalue weighted by molar-refractivity contribution is 0.0906. The highest BCUT2D eigenvalue weighted by atomic mass is 16.5. The Labute approximate surface area is 167 Å². The third-order valence-electron chi connectivity index (χ3n) is 4.42. The van der Waals surface area contributed by atoms with E-state index in [-0.39, 0.29) is 5.89 Å². The molecule has 0 unspecified atom stereocenters. The predicted octanol–water partition coefficient (Wildman–Crippen LogP) is 2.92. The molecule has 0 spiro atoms. The predicted molar refractivity (Wildman–Crippen MR) is 106 cm³/mol. The number of amides is 1. The van der Waals surface area contributed by atoms with Crippen LogP contribution in [0.2, 0.25) is 0 Å². The number of pyridine rings is 1. The summed E-state index contributed by atoms with van der Waals surface area (Å²) in [5.41, 5.74) is 4.75. The molecule has 0 atom stereocenters. The molecule has 3 heterocycles. The van der Waals surface area contributed by atoms with Gasteiger partial charge in [0.2, 0.25) is 5.82 Å². The Morgan fingerprint density at radius 3 is 2.66 bits per heavy atom. The Hall–Kier alpha value is -3.81. The third kappa shape index (κ3) is 4.37. The van der Waals surface area contributed by atoms with Gasteiger partial charge in [-0.3, -0.25) is 14.5 Å². The van der Waals surface area contributed by atoms with E-state index < -0.39 is 5.91 Å². The van der Waals surface area contributed by atoms with Crippen LogP contribution in [-0.2, 0) is 13.1 Å². The summed E-state index contributed by atoms with van der Waals surface area (Å²) < 4.78 is 7.07. The fourth-order valence-electron chi connectivity index (χ4n) is 2.95. The van der Waals surface area contributed by atoms with E-state index in [1.165, 1.54) is 0 Å². The molecule has 1 aromatic carbocycles. The molecule has 8 heteroatoms. The van der Waals surface area contributed by atoms with Gasteiger partial charge < -0.3 is 9.84 Å². The number of carbonyl (C=O) groups excluding carboxylic acids is 1. The summed E-state index contributed by atoms with van der Waals surface area (Å²) in [6, 6.07) is 15.3. The van der Waals surface area contributed by atoms with Crippen LogP contribution in [0, 0.1) is 13.8 Å². The van der Waals surface area contributed by atoms with E-state index in [0.29, 0.717) is 18.9 Å². The highest BCUT2D eigenvalue weighted by Crippen LogP contribution is 2.17. The first-order chi connectivity index (χ1) is 14.1. The maximum Gasteiger partial charge on any atom is 0.316 e. The number of nitrogens with zero attached hydrogens (tertiary/aromatic N) is 5. The Morgan fingerprint density at radius 2 is 1.97 bits per heavy atom. The molecule has 146 valence electrons. The molecule has 0 saturated heterocycles. The van der Waals surface area contributed by atoms with Gasteiger partial charge in [0.05, 0.1) is 24.5 Å². The summed E-state index contributed by atoms with van der Waals surface area (Å²) in [6.45, 7) is 4.99. The topological polar surface area (TPSA) is 98.7 Å². The summed E-state index contributed by atoms with van der Waals surface area (Å²) in [5.74, 6) is -0.149. The number of benzene rings is 1. The second-order valence-electron chi connectivity index (χ2n) is 6.71. The summed E-state index contributed by atoms with van der Waals surface area (Å²) in [6.07, 6.45) is 1.67. The Morgan fingerprint density at radius 1 is 1.14 bits per heavy atom. The van der Waals surface area contributed by atoms with Gasteiger partial charge in [0.25, 0.3) is 0 Å². The molecule has 0 saturated carbocycles. The van der Waals surface area contributed by atoms with Gasteiger partial charge in [-0.2, -0.15) is 10.1 Å². The van der Waals surface area contributed by atoms with Crippen molar-refractivity contribution >= 4 is 5.91 Å². The van der Waals surface area contributed by atoms with Crippen molar-refractivity contribution in [3.63, 3.8) is 0 Å². The number of carbonyl (C=O) groups is 1. The maximum absolute atomic E-state index is 12.2. The molecule has 0 bridgehead atoms. The van der Waals surface area contributed by atoms with Gasteiger partial charge in [-0.1, -0.05) is 35.5 Å². The monoisotopic (exact) mass is 388 g/mol. The molecule has 8 nitrogen and oxygen atoms in total. The average molecular weight is 388 g/mol. The quantitative estimate of drug-likeness (QED) is 0.545. The van der Waals surface area contributed by atoms with Gasteiger partial charge in [0.15, 0.2) is 0 Å². The highest BCUT2D eigenvalue weighted by molar-refractivity contribution is 5.89. The summed E-state index contributed by atoms with van der Waals surface area (Å²) >= 11 is 0. The SMILES string of the molecule is Cc1cc(C)n(Cc2ccc(-c3noc(C(=O)NCc4ccccn4)n3)cc2)n1. The van der Waals surface area contributed by atoms with Gasteiger partial charge in [-0.15, -0.1) is 0 Å². The van der Waals surface area contributed by atoms with Crippen LogP contribution in [0.25, 0.3) is 11.4 Å². The van der Waals surface area contributed by atoms with Gasteiger partial charge >= 0.3 is 11.8 Å². The lowest BCUT2D eigenvalue weighted by atomic mass is 10.1. The molecule has 29 heavy (non-hydrogen) atoms. The van der Waals surface area contributed by atoms with Crippen LogP contribution in [-0.4, -0.2) is 30.8 Å². The van der Waals surface area contributed by atoms with Crippen molar-refractivity contribution in [2.45, 2.75) is 26.9 Å². The Kier molecular flexibility index (Phi) is 5.15. The molecule has 1 N–H and O–H groups in total. The lowest BCUT2D eigenvalue weighted by Crippen LogP contribution is -2.23.